The van der Waals surface area contributed by atoms with Crippen molar-refractivity contribution in [1.82, 2.24) is 0 Å². The van der Waals surface area contributed by atoms with E-state index in [1.54, 1.807) is 133 Å². The number of esters is 8. The van der Waals surface area contributed by atoms with E-state index >= 15 is 0 Å². The number of ether oxygens (including phenoxy) is 12. The molecule has 0 atom stereocenters. The first kappa shape index (κ1) is 91.1. The molecule has 0 amide bonds. The van der Waals surface area contributed by atoms with E-state index < -0.39 is 47.8 Å². The molecular formula is C93H116O20. The van der Waals surface area contributed by atoms with E-state index in [2.05, 4.69) is 26.3 Å². The topological polar surface area (TPSA) is 247 Å². The molecule has 0 bridgehead atoms. The average Bonchev–Trinajstić information content (AvgIpc) is 0.840. The minimum Gasteiger partial charge on any atom is -0.494 e. The number of carbonyl (C=O) groups is 8. The van der Waals surface area contributed by atoms with Crippen LogP contribution in [0.15, 0.2) is 184 Å². The predicted molar refractivity (Wildman–Crippen MR) is 436 cm³/mol. The second-order valence-electron chi connectivity index (χ2n) is 27.5. The first-order valence-electron chi connectivity index (χ1n) is 40.5. The molecule has 0 unspecified atom stereocenters. The van der Waals surface area contributed by atoms with Gasteiger partial charge in [-0.1, -0.05) is 161 Å². The highest BCUT2D eigenvalue weighted by atomic mass is 16.6. The van der Waals surface area contributed by atoms with Crippen molar-refractivity contribution in [3.8, 4) is 46.0 Å². The standard InChI is InChI=1S/C93H116O20/c1-5-86(94)106-66-36-26-16-12-22-32-62-102-78-50-42-72(43-51-78)90(98)110-82-58-60-84(112-92(100)74-46-54-80(55-47-74)104-64-34-24-14-18-28-38-68-108-88(96)7-3)76(70-82)40-30-20-10-9-11-21-31-41-77-71-83(111-91(99)73-44-52-79(53-45-73)103-63-33-23-13-17-27-37-67-107-87(95)6-2)59-61-85(77)113-93(101)75-48-56-81(57-49-75)105-65-35-25-15-19-29-39-69-109-89(97)8-4/h5-8,42-61,70-71H,1-4,9-41,62-69H2. The summed E-state index contributed by atoms with van der Waals surface area (Å²) in [6.45, 7) is 17.4. The van der Waals surface area contributed by atoms with E-state index in [1.165, 1.54) is 24.3 Å². The molecule has 0 saturated carbocycles. The van der Waals surface area contributed by atoms with Crippen LogP contribution in [0.5, 0.6) is 46.0 Å². The second kappa shape index (κ2) is 56.5. The van der Waals surface area contributed by atoms with Gasteiger partial charge in [0.25, 0.3) is 0 Å². The van der Waals surface area contributed by atoms with Crippen molar-refractivity contribution in [3.63, 3.8) is 0 Å². The molecule has 20 heteroatoms. The van der Waals surface area contributed by atoms with Gasteiger partial charge in [0.05, 0.1) is 75.1 Å². The largest absolute Gasteiger partial charge is 0.494 e. The van der Waals surface area contributed by atoms with Gasteiger partial charge in [-0.25, -0.2) is 38.4 Å². The summed E-state index contributed by atoms with van der Waals surface area (Å²) < 4.78 is 68.0. The molecule has 113 heavy (non-hydrogen) atoms. The third-order valence-corrected chi connectivity index (χ3v) is 18.5. The quantitative estimate of drug-likeness (QED) is 0.0113. The normalized spacial score (nSPS) is 10.8. The highest BCUT2D eigenvalue weighted by Gasteiger charge is 2.19. The van der Waals surface area contributed by atoms with Crippen LogP contribution in [0.1, 0.15) is 252 Å². The molecule has 608 valence electrons. The van der Waals surface area contributed by atoms with Crippen LogP contribution in [-0.4, -0.2) is 101 Å². The summed E-state index contributed by atoms with van der Waals surface area (Å²) in [6.07, 6.45) is 34.8. The lowest BCUT2D eigenvalue weighted by molar-refractivity contribution is -0.138. The van der Waals surface area contributed by atoms with Gasteiger partial charge in [-0.15, -0.1) is 0 Å². The van der Waals surface area contributed by atoms with Crippen LogP contribution in [0.4, 0.5) is 0 Å². The molecule has 20 nitrogen and oxygen atoms in total. The number of benzene rings is 6. The average molecular weight is 1550 g/mol. The van der Waals surface area contributed by atoms with E-state index in [0.717, 1.165) is 199 Å². The Kier molecular flexibility index (Phi) is 45.5. The Morgan fingerprint density at radius 3 is 0.646 bits per heavy atom. The zero-order chi connectivity index (χ0) is 80.6. The summed E-state index contributed by atoms with van der Waals surface area (Å²) in [7, 11) is 0. The summed E-state index contributed by atoms with van der Waals surface area (Å²) in [4.78, 5) is 99.6. The van der Waals surface area contributed by atoms with E-state index in [-0.39, 0.29) is 0 Å². The van der Waals surface area contributed by atoms with E-state index in [4.69, 9.17) is 56.8 Å². The molecule has 0 aliphatic rings. The molecule has 0 fully saturated rings. The SMILES string of the molecule is C=CC(=O)OCCCCCCCCOc1ccc(C(=O)Oc2ccc(OC(=O)c3ccc(OCCCCCCCCOC(=O)C=C)cc3)c(CCCCCCCCCc3cc(OC(=O)c4ccc(OCCCCCCCCOC(=O)C=C)cc4)ccc3OC(=O)c3ccc(OCCCCCCCCOC(=O)C=C)cc3)c2)cc1. The minimum absolute atomic E-state index is 0.304. The molecule has 0 N–H and O–H groups in total. The van der Waals surface area contributed by atoms with Gasteiger partial charge in [0.1, 0.15) is 46.0 Å². The third kappa shape index (κ3) is 39.3. The molecule has 0 aromatic heterocycles. The zero-order valence-corrected chi connectivity index (χ0v) is 66.0. The highest BCUT2D eigenvalue weighted by molar-refractivity contribution is 5.94. The fraction of sp³-hybridized carbons (Fsp3) is 0.441. The van der Waals surface area contributed by atoms with Gasteiger partial charge in [0.2, 0.25) is 0 Å². The molecule has 0 aliphatic carbocycles. The van der Waals surface area contributed by atoms with Crippen LogP contribution in [0.25, 0.3) is 0 Å². The Balaban J connectivity index is 1.01. The lowest BCUT2D eigenvalue weighted by Crippen LogP contribution is -2.11. The van der Waals surface area contributed by atoms with Crippen LogP contribution >= 0.6 is 0 Å². The smallest absolute Gasteiger partial charge is 0.343 e. The maximum absolute atomic E-state index is 13.8. The van der Waals surface area contributed by atoms with Crippen LogP contribution in [0.2, 0.25) is 0 Å². The number of unbranched alkanes of at least 4 members (excludes halogenated alkanes) is 26. The number of carbonyl (C=O) groups excluding carboxylic acids is 8. The summed E-state index contributed by atoms with van der Waals surface area (Å²) in [5.74, 6) is 0.0899. The second-order valence-corrected chi connectivity index (χ2v) is 27.5. The zero-order valence-electron chi connectivity index (χ0n) is 66.0. The molecule has 0 aliphatic heterocycles. The van der Waals surface area contributed by atoms with Crippen LogP contribution < -0.4 is 37.9 Å². The maximum atomic E-state index is 13.8. The Labute approximate surface area is 667 Å². The Hall–Kier alpha value is -10.8. The van der Waals surface area contributed by atoms with Crippen molar-refractivity contribution in [2.24, 2.45) is 0 Å². The van der Waals surface area contributed by atoms with Crippen molar-refractivity contribution in [1.29, 1.82) is 0 Å². The van der Waals surface area contributed by atoms with E-state index in [9.17, 15) is 38.4 Å². The Morgan fingerprint density at radius 2 is 0.416 bits per heavy atom. The monoisotopic (exact) mass is 1550 g/mol. The van der Waals surface area contributed by atoms with Gasteiger partial charge >= 0.3 is 47.8 Å². The van der Waals surface area contributed by atoms with Gasteiger partial charge in [-0.3, -0.25) is 0 Å². The number of rotatable bonds is 62. The summed E-state index contributed by atoms with van der Waals surface area (Å²) in [6, 6.07) is 37.5. The van der Waals surface area contributed by atoms with Crippen molar-refractivity contribution >= 4 is 47.8 Å². The van der Waals surface area contributed by atoms with E-state index in [1.807, 2.05) is 0 Å². The molecule has 0 saturated heterocycles. The fourth-order valence-corrected chi connectivity index (χ4v) is 12.1. The van der Waals surface area contributed by atoms with Crippen LogP contribution in [0, 0.1) is 0 Å². The lowest BCUT2D eigenvalue weighted by atomic mass is 10.0. The Morgan fingerprint density at radius 1 is 0.221 bits per heavy atom. The van der Waals surface area contributed by atoms with Crippen molar-refractivity contribution in [3.05, 3.63) is 217 Å². The first-order valence-corrected chi connectivity index (χ1v) is 40.5. The molecule has 6 aromatic rings. The number of hydrogen-bond donors (Lipinski definition) is 0. The fourth-order valence-electron chi connectivity index (χ4n) is 12.1. The van der Waals surface area contributed by atoms with Crippen molar-refractivity contribution < 1.29 is 95.2 Å². The minimum atomic E-state index is -0.551. The first-order chi connectivity index (χ1) is 55.2. The molecular weight excluding hydrogens is 1440 g/mol. The van der Waals surface area contributed by atoms with Crippen LogP contribution in [-0.2, 0) is 51.0 Å². The van der Waals surface area contributed by atoms with Gasteiger partial charge in [-0.05, 0) is 222 Å². The summed E-state index contributed by atoms with van der Waals surface area (Å²) in [5.41, 5.74) is 2.79. The maximum Gasteiger partial charge on any atom is 0.343 e. The molecule has 0 heterocycles. The summed E-state index contributed by atoms with van der Waals surface area (Å²) >= 11 is 0. The predicted octanol–water partition coefficient (Wildman–Crippen LogP) is 20.9. The van der Waals surface area contributed by atoms with Crippen molar-refractivity contribution in [2.45, 2.75) is 212 Å². The molecule has 0 radical (unpaired) electrons. The van der Waals surface area contributed by atoms with Crippen molar-refractivity contribution in [2.75, 3.05) is 52.9 Å². The third-order valence-electron chi connectivity index (χ3n) is 18.5. The molecule has 6 rings (SSSR count). The highest BCUT2D eigenvalue weighted by Crippen LogP contribution is 2.32. The van der Waals surface area contributed by atoms with Crippen LogP contribution in [0.3, 0.4) is 0 Å². The van der Waals surface area contributed by atoms with Gasteiger partial charge < -0.3 is 56.8 Å². The van der Waals surface area contributed by atoms with Gasteiger partial charge in [-0.2, -0.15) is 0 Å². The number of hydrogen-bond acceptors (Lipinski definition) is 20. The molecule has 6 aromatic carbocycles. The summed E-state index contributed by atoms with van der Waals surface area (Å²) in [5, 5.41) is 0. The van der Waals surface area contributed by atoms with E-state index in [0.29, 0.717) is 145 Å². The molecule has 0 spiro atoms. The van der Waals surface area contributed by atoms with Gasteiger partial charge in [0, 0.05) is 24.3 Å². The van der Waals surface area contributed by atoms with Gasteiger partial charge in [0.15, 0.2) is 0 Å². The Bertz CT molecular complexity index is 3590. The lowest BCUT2D eigenvalue weighted by Gasteiger charge is -2.14. The number of aryl methyl sites for hydroxylation is 2.